The molecule has 0 radical (unpaired) electrons. The molecule has 1 heterocycles. The van der Waals surface area contributed by atoms with Gasteiger partial charge < -0.3 is 9.30 Å². The van der Waals surface area contributed by atoms with Crippen molar-refractivity contribution in [3.63, 3.8) is 0 Å². The van der Waals surface area contributed by atoms with Crippen molar-refractivity contribution in [3.05, 3.63) is 53.3 Å². The molecule has 150 valence electrons. The van der Waals surface area contributed by atoms with E-state index in [0.29, 0.717) is 30.0 Å². The number of aromatic nitrogens is 1. The molecule has 0 aliphatic rings. The van der Waals surface area contributed by atoms with Gasteiger partial charge in [-0.05, 0) is 37.3 Å². The van der Waals surface area contributed by atoms with Crippen molar-refractivity contribution in [1.82, 2.24) is 4.57 Å². The fourth-order valence-electron chi connectivity index (χ4n) is 2.56. The highest BCUT2D eigenvalue weighted by Gasteiger charge is 2.16. The summed E-state index contributed by atoms with van der Waals surface area (Å²) >= 11 is 1.08. The number of ether oxygens (including phenoxy) is 1. The van der Waals surface area contributed by atoms with Gasteiger partial charge in [0.2, 0.25) is 14.8 Å². The number of rotatable bonds is 7. The molecule has 3 rings (SSSR count). The lowest BCUT2D eigenvalue weighted by molar-refractivity contribution is 0.139. The monoisotopic (exact) mass is 441 g/mol. The zero-order valence-electron chi connectivity index (χ0n) is 15.0. The second-order valence-corrected chi connectivity index (χ2v) is 9.96. The molecule has 0 aliphatic heterocycles. The van der Waals surface area contributed by atoms with E-state index in [0.717, 1.165) is 11.3 Å². The van der Waals surface area contributed by atoms with E-state index in [4.69, 9.17) is 9.88 Å². The Hall–Kier alpha value is -2.05. The average Bonchev–Trinajstić information content (AvgIpc) is 2.98. The van der Waals surface area contributed by atoms with Gasteiger partial charge in [-0.25, -0.2) is 13.6 Å². The highest BCUT2D eigenvalue weighted by Crippen LogP contribution is 2.22. The predicted molar refractivity (Wildman–Crippen MR) is 107 cm³/mol. The number of benzene rings is 2. The molecule has 11 heteroatoms. The molecule has 0 unspecified atom stereocenters. The van der Waals surface area contributed by atoms with Crippen LogP contribution < -0.4 is 9.94 Å². The first-order valence-corrected chi connectivity index (χ1v) is 12.1. The van der Waals surface area contributed by atoms with Gasteiger partial charge in [0.25, 0.3) is 10.0 Å². The standard InChI is InChI=1S/C17H19N3O5S3/c1-2-25-11-10-20-15-9-8-14(27(18,21)22)12-16(15)26-17(20)19-28(23,24)13-6-4-3-5-7-13/h3-9,12H,2,10-11H2,1H3,(H2,18,21,22)/b19-17-. The van der Waals surface area contributed by atoms with Crippen molar-refractivity contribution in [2.75, 3.05) is 13.2 Å². The van der Waals surface area contributed by atoms with Crippen molar-refractivity contribution in [2.24, 2.45) is 9.54 Å². The van der Waals surface area contributed by atoms with E-state index in [9.17, 15) is 16.8 Å². The van der Waals surface area contributed by atoms with E-state index in [1.807, 2.05) is 6.92 Å². The van der Waals surface area contributed by atoms with Crippen LogP contribution in [0.1, 0.15) is 6.92 Å². The Kier molecular flexibility index (Phi) is 6.01. The largest absolute Gasteiger partial charge is 0.380 e. The molecule has 0 aliphatic carbocycles. The minimum Gasteiger partial charge on any atom is -0.380 e. The maximum Gasteiger partial charge on any atom is 0.285 e. The molecule has 2 aromatic carbocycles. The third-order valence-electron chi connectivity index (χ3n) is 3.89. The van der Waals surface area contributed by atoms with E-state index in [2.05, 4.69) is 4.40 Å². The fraction of sp³-hybridized carbons (Fsp3) is 0.235. The summed E-state index contributed by atoms with van der Waals surface area (Å²) in [6.45, 7) is 3.11. The second-order valence-electron chi connectivity index (χ2n) is 5.79. The van der Waals surface area contributed by atoms with Gasteiger partial charge in [0.05, 0.1) is 26.6 Å². The topological polar surface area (TPSA) is 121 Å². The van der Waals surface area contributed by atoms with Crippen molar-refractivity contribution in [3.8, 4) is 0 Å². The summed E-state index contributed by atoms with van der Waals surface area (Å²) in [6.07, 6.45) is 0. The Morgan fingerprint density at radius 3 is 2.43 bits per heavy atom. The smallest absolute Gasteiger partial charge is 0.285 e. The lowest BCUT2D eigenvalue weighted by atomic mass is 10.3. The second kappa shape index (κ2) is 8.13. The van der Waals surface area contributed by atoms with Crippen molar-refractivity contribution >= 4 is 41.6 Å². The van der Waals surface area contributed by atoms with E-state index in [-0.39, 0.29) is 14.6 Å². The van der Waals surface area contributed by atoms with Gasteiger partial charge in [-0.15, -0.1) is 4.40 Å². The molecule has 28 heavy (non-hydrogen) atoms. The average molecular weight is 442 g/mol. The van der Waals surface area contributed by atoms with Gasteiger partial charge in [0, 0.05) is 13.2 Å². The van der Waals surface area contributed by atoms with Crippen LogP contribution in [-0.2, 0) is 31.3 Å². The van der Waals surface area contributed by atoms with Crippen LogP contribution in [0.15, 0.2) is 62.7 Å². The molecule has 0 saturated heterocycles. The summed E-state index contributed by atoms with van der Waals surface area (Å²) in [5.41, 5.74) is 0.652. The Labute approximate surface area is 167 Å². The maximum atomic E-state index is 12.7. The third-order valence-corrected chi connectivity index (χ3v) is 7.23. The van der Waals surface area contributed by atoms with Crippen LogP contribution in [0.5, 0.6) is 0 Å². The Bertz CT molecular complexity index is 1260. The summed E-state index contributed by atoms with van der Waals surface area (Å²) in [4.78, 5) is 0.259. The van der Waals surface area contributed by atoms with E-state index in [1.165, 1.54) is 24.3 Å². The number of primary sulfonamides is 1. The number of sulfonamides is 2. The Balaban J connectivity index is 2.20. The molecule has 0 saturated carbocycles. The minimum atomic E-state index is -3.92. The number of hydrogen-bond acceptors (Lipinski definition) is 6. The molecule has 0 fully saturated rings. The molecular weight excluding hydrogens is 422 g/mol. The quantitative estimate of drug-likeness (QED) is 0.559. The fourth-order valence-corrected chi connectivity index (χ4v) is 5.50. The first-order chi connectivity index (χ1) is 13.2. The van der Waals surface area contributed by atoms with Gasteiger partial charge in [-0.3, -0.25) is 0 Å². The summed E-state index contributed by atoms with van der Waals surface area (Å²) in [5.74, 6) is 0. The number of nitrogens with zero attached hydrogens (tertiary/aromatic N) is 2. The minimum absolute atomic E-state index is 0.0457. The molecule has 0 amide bonds. The molecule has 0 atom stereocenters. The molecule has 0 spiro atoms. The highest BCUT2D eigenvalue weighted by molar-refractivity contribution is 7.90. The zero-order chi connectivity index (χ0) is 20.4. The van der Waals surface area contributed by atoms with Gasteiger partial charge in [-0.2, -0.15) is 8.42 Å². The third kappa shape index (κ3) is 4.50. The van der Waals surface area contributed by atoms with Crippen molar-refractivity contribution < 1.29 is 21.6 Å². The van der Waals surface area contributed by atoms with Crippen LogP contribution in [0.3, 0.4) is 0 Å². The van der Waals surface area contributed by atoms with Crippen LogP contribution in [0.25, 0.3) is 10.2 Å². The summed E-state index contributed by atoms with van der Waals surface area (Å²) in [6, 6.07) is 12.3. The van der Waals surface area contributed by atoms with Crippen molar-refractivity contribution in [1.29, 1.82) is 0 Å². The first kappa shape index (κ1) is 20.7. The van der Waals surface area contributed by atoms with Crippen LogP contribution in [0.4, 0.5) is 0 Å². The normalized spacial score (nSPS) is 13.3. The zero-order valence-corrected chi connectivity index (χ0v) is 17.4. The molecule has 8 nitrogen and oxygen atoms in total. The van der Waals surface area contributed by atoms with Gasteiger partial charge >= 0.3 is 0 Å². The lowest BCUT2D eigenvalue weighted by Gasteiger charge is -2.06. The Morgan fingerprint density at radius 2 is 1.79 bits per heavy atom. The lowest BCUT2D eigenvalue weighted by Crippen LogP contribution is -2.20. The number of fused-ring (bicyclic) bond motifs is 1. The first-order valence-electron chi connectivity index (χ1n) is 8.32. The van der Waals surface area contributed by atoms with Crippen LogP contribution in [0.2, 0.25) is 0 Å². The molecule has 1 aromatic heterocycles. The molecular formula is C17H19N3O5S3. The van der Waals surface area contributed by atoms with Crippen molar-refractivity contribution in [2.45, 2.75) is 23.3 Å². The molecule has 2 N–H and O–H groups in total. The van der Waals surface area contributed by atoms with Crippen LogP contribution in [-0.4, -0.2) is 34.6 Å². The number of thiazole rings is 1. The summed E-state index contributed by atoms with van der Waals surface area (Å²) < 4.78 is 60.2. The van der Waals surface area contributed by atoms with E-state index >= 15 is 0 Å². The maximum absolute atomic E-state index is 12.7. The van der Waals surface area contributed by atoms with Gasteiger partial charge in [-0.1, -0.05) is 29.5 Å². The highest BCUT2D eigenvalue weighted by atomic mass is 32.2. The number of nitrogens with two attached hydrogens (primary N) is 1. The molecule has 0 bridgehead atoms. The number of hydrogen-bond donors (Lipinski definition) is 1. The van der Waals surface area contributed by atoms with E-state index in [1.54, 1.807) is 28.8 Å². The van der Waals surface area contributed by atoms with Gasteiger partial charge in [0.1, 0.15) is 0 Å². The van der Waals surface area contributed by atoms with Crippen LogP contribution >= 0.6 is 11.3 Å². The van der Waals surface area contributed by atoms with E-state index < -0.39 is 20.0 Å². The summed E-state index contributed by atoms with van der Waals surface area (Å²) in [7, 11) is -7.79. The summed E-state index contributed by atoms with van der Waals surface area (Å²) in [5, 5.41) is 5.20. The molecule has 3 aromatic rings. The van der Waals surface area contributed by atoms with Gasteiger partial charge in [0.15, 0.2) is 0 Å². The Morgan fingerprint density at radius 1 is 1.07 bits per heavy atom. The predicted octanol–water partition coefficient (Wildman–Crippen LogP) is 1.68. The van der Waals surface area contributed by atoms with Crippen LogP contribution in [0, 0.1) is 0 Å². The SMILES string of the molecule is CCOCCn1/c(=N/S(=O)(=O)c2ccccc2)sc2cc(S(N)(=O)=O)ccc21.